The first-order chi connectivity index (χ1) is 10.5. The number of carboxylic acids is 1. The van der Waals surface area contributed by atoms with Crippen LogP contribution in [0.2, 0.25) is 0 Å². The van der Waals surface area contributed by atoms with E-state index in [0.717, 1.165) is 11.1 Å². The largest absolute Gasteiger partial charge is 0.505 e. The van der Waals surface area contributed by atoms with E-state index in [2.05, 4.69) is 10.4 Å². The summed E-state index contributed by atoms with van der Waals surface area (Å²) in [6.07, 6.45) is 1.50. The molecule has 0 radical (unpaired) electrons. The summed E-state index contributed by atoms with van der Waals surface area (Å²) in [6.45, 7) is 3.40. The third-order valence-corrected chi connectivity index (χ3v) is 3.33. The number of carbonyl (C=O) groups is 2. The molecular formula is C15H17N3O4. The minimum Gasteiger partial charge on any atom is -0.505 e. The Hall–Kier alpha value is -2.83. The van der Waals surface area contributed by atoms with Gasteiger partial charge in [-0.3, -0.25) is 14.6 Å². The maximum Gasteiger partial charge on any atom is 0.322 e. The number of nitrogens with zero attached hydrogens (tertiary/aromatic N) is 2. The van der Waals surface area contributed by atoms with E-state index in [-0.39, 0.29) is 11.5 Å². The molecule has 3 N–H and O–H groups in total. The quantitative estimate of drug-likeness (QED) is 0.726. The zero-order chi connectivity index (χ0) is 16.3. The summed E-state index contributed by atoms with van der Waals surface area (Å²) in [5.41, 5.74) is 2.35. The summed E-state index contributed by atoms with van der Waals surface area (Å²) in [4.78, 5) is 22.8. The molecule has 1 amide bonds. The molecule has 1 aliphatic rings. The zero-order valence-electron chi connectivity index (χ0n) is 12.3. The molecule has 7 nitrogen and oxygen atoms in total. The second kappa shape index (κ2) is 6.30. The van der Waals surface area contributed by atoms with Crippen molar-refractivity contribution < 1.29 is 19.8 Å². The van der Waals surface area contributed by atoms with Crippen molar-refractivity contribution in [2.24, 2.45) is 5.10 Å². The van der Waals surface area contributed by atoms with Gasteiger partial charge in [0.1, 0.15) is 6.54 Å². The zero-order valence-corrected chi connectivity index (χ0v) is 12.3. The number of aliphatic hydroxyl groups excluding tert-OH is 1. The van der Waals surface area contributed by atoms with Gasteiger partial charge in [-0.05, 0) is 25.0 Å². The molecule has 0 aliphatic carbocycles. The van der Waals surface area contributed by atoms with Crippen LogP contribution in [-0.2, 0) is 16.1 Å². The van der Waals surface area contributed by atoms with Crippen LogP contribution in [0.4, 0.5) is 0 Å². The van der Waals surface area contributed by atoms with Crippen molar-refractivity contribution in [1.29, 1.82) is 0 Å². The molecule has 2 rings (SSSR count). The van der Waals surface area contributed by atoms with E-state index in [1.54, 1.807) is 19.1 Å². The van der Waals surface area contributed by atoms with E-state index in [9.17, 15) is 14.7 Å². The molecule has 0 unspecified atom stereocenters. The molecule has 0 saturated heterocycles. The van der Waals surface area contributed by atoms with Crippen LogP contribution in [0.5, 0.6) is 0 Å². The lowest BCUT2D eigenvalue weighted by Crippen LogP contribution is -2.38. The van der Waals surface area contributed by atoms with Gasteiger partial charge in [0.25, 0.3) is 5.91 Å². The van der Waals surface area contributed by atoms with Crippen molar-refractivity contribution in [1.82, 2.24) is 10.3 Å². The third kappa shape index (κ3) is 2.93. The van der Waals surface area contributed by atoms with Crippen LogP contribution in [0, 0.1) is 6.92 Å². The van der Waals surface area contributed by atoms with Crippen molar-refractivity contribution in [2.45, 2.75) is 20.4 Å². The Morgan fingerprint density at radius 1 is 1.45 bits per heavy atom. The number of fused-ring (bicyclic) bond motifs is 1. The number of hydrogen-bond acceptors (Lipinski definition) is 5. The fraction of sp³-hybridized carbons (Fsp3) is 0.267. The number of benzene rings is 1. The van der Waals surface area contributed by atoms with Gasteiger partial charge in [0, 0.05) is 11.8 Å². The highest BCUT2D eigenvalue weighted by Gasteiger charge is 2.30. The fourth-order valence-corrected chi connectivity index (χ4v) is 2.31. The smallest absolute Gasteiger partial charge is 0.322 e. The maximum absolute atomic E-state index is 12.2. The Kier molecular flexibility index (Phi) is 4.45. The molecule has 7 heteroatoms. The topological polar surface area (TPSA) is 102 Å². The van der Waals surface area contributed by atoms with Gasteiger partial charge in [0.15, 0.2) is 11.5 Å². The van der Waals surface area contributed by atoms with E-state index < -0.39 is 18.4 Å². The van der Waals surface area contributed by atoms with Gasteiger partial charge in [-0.1, -0.05) is 18.2 Å². The van der Waals surface area contributed by atoms with Crippen LogP contribution in [0.3, 0.4) is 0 Å². The molecule has 0 atom stereocenters. The molecule has 0 bridgehead atoms. The average molecular weight is 303 g/mol. The maximum atomic E-state index is 12.2. The molecule has 1 aliphatic heterocycles. The molecule has 1 heterocycles. The van der Waals surface area contributed by atoms with E-state index >= 15 is 0 Å². The summed E-state index contributed by atoms with van der Waals surface area (Å²) in [6, 6.07) is 5.42. The number of aliphatic carboxylic acids is 1. The number of amides is 1. The number of aryl methyl sites for hydroxylation is 1. The predicted octanol–water partition coefficient (Wildman–Crippen LogP) is 1.24. The van der Waals surface area contributed by atoms with Crippen molar-refractivity contribution in [3.05, 3.63) is 40.6 Å². The summed E-state index contributed by atoms with van der Waals surface area (Å²) in [5, 5.41) is 26.8. The lowest BCUT2D eigenvalue weighted by Gasteiger charge is -2.29. The number of nitrogens with one attached hydrogen (secondary N) is 1. The van der Waals surface area contributed by atoms with Gasteiger partial charge < -0.3 is 15.5 Å². The first-order valence-electron chi connectivity index (χ1n) is 6.74. The second-order valence-electron chi connectivity index (χ2n) is 4.81. The third-order valence-electron chi connectivity index (χ3n) is 3.33. The molecule has 1 aromatic carbocycles. The van der Waals surface area contributed by atoms with Gasteiger partial charge in [-0.15, -0.1) is 0 Å². The van der Waals surface area contributed by atoms with Gasteiger partial charge in [0.05, 0.1) is 6.54 Å². The van der Waals surface area contributed by atoms with Gasteiger partial charge in [0.2, 0.25) is 0 Å². The Balaban J connectivity index is 2.48. The first kappa shape index (κ1) is 15.6. The first-order valence-corrected chi connectivity index (χ1v) is 6.74. The standard InChI is InChI=1S/C15H17N3O4/c1-3-17-18-8-11-9(2)5-4-6-10(11)14(21)13(18)15(22)16-7-12(19)20/h3-6,21H,7-8H2,1-2H3,(H,16,22)(H,19,20)/b17-3-. The summed E-state index contributed by atoms with van der Waals surface area (Å²) < 4.78 is 0. The predicted molar refractivity (Wildman–Crippen MR) is 81.1 cm³/mol. The molecule has 0 fully saturated rings. The second-order valence-corrected chi connectivity index (χ2v) is 4.81. The van der Waals surface area contributed by atoms with E-state index in [1.165, 1.54) is 11.2 Å². The highest BCUT2D eigenvalue weighted by Crippen LogP contribution is 2.32. The van der Waals surface area contributed by atoms with E-state index in [4.69, 9.17) is 5.11 Å². The molecule has 0 spiro atoms. The molecule has 0 saturated carbocycles. The van der Waals surface area contributed by atoms with Crippen molar-refractivity contribution >= 4 is 23.9 Å². The monoisotopic (exact) mass is 303 g/mol. The van der Waals surface area contributed by atoms with Crippen LogP contribution in [0.1, 0.15) is 23.6 Å². The Bertz CT molecular complexity index is 679. The normalized spacial score (nSPS) is 14.2. The highest BCUT2D eigenvalue weighted by molar-refractivity contribution is 6.01. The molecule has 1 aromatic rings. The average Bonchev–Trinajstić information content (AvgIpc) is 2.46. The lowest BCUT2D eigenvalue weighted by molar-refractivity contribution is -0.137. The Morgan fingerprint density at radius 3 is 2.82 bits per heavy atom. The van der Waals surface area contributed by atoms with Gasteiger partial charge >= 0.3 is 5.97 Å². The minimum absolute atomic E-state index is 0.0579. The summed E-state index contributed by atoms with van der Waals surface area (Å²) in [7, 11) is 0. The van der Waals surface area contributed by atoms with Crippen LogP contribution in [0.25, 0.3) is 5.76 Å². The SMILES string of the molecule is C/C=N\N1Cc2c(C)cccc2C(O)=C1C(=O)NCC(=O)O. The summed E-state index contributed by atoms with van der Waals surface area (Å²) >= 11 is 0. The van der Waals surface area contributed by atoms with Crippen LogP contribution in [0.15, 0.2) is 29.0 Å². The van der Waals surface area contributed by atoms with Crippen LogP contribution < -0.4 is 5.32 Å². The highest BCUT2D eigenvalue weighted by atomic mass is 16.4. The van der Waals surface area contributed by atoms with Crippen molar-refractivity contribution in [2.75, 3.05) is 6.54 Å². The van der Waals surface area contributed by atoms with Crippen LogP contribution in [-0.4, -0.2) is 39.9 Å². The lowest BCUT2D eigenvalue weighted by atomic mass is 9.96. The van der Waals surface area contributed by atoms with Crippen LogP contribution >= 0.6 is 0 Å². The Labute approximate surface area is 127 Å². The molecule has 116 valence electrons. The molecular weight excluding hydrogens is 286 g/mol. The summed E-state index contributed by atoms with van der Waals surface area (Å²) in [5.74, 6) is -2.05. The molecule has 0 aromatic heterocycles. The van der Waals surface area contributed by atoms with Crippen molar-refractivity contribution in [3.63, 3.8) is 0 Å². The van der Waals surface area contributed by atoms with Gasteiger partial charge in [-0.25, -0.2) is 0 Å². The Morgan fingerprint density at radius 2 is 2.18 bits per heavy atom. The van der Waals surface area contributed by atoms with E-state index in [1.807, 2.05) is 13.0 Å². The number of rotatable bonds is 4. The van der Waals surface area contributed by atoms with E-state index in [0.29, 0.717) is 12.1 Å². The minimum atomic E-state index is -1.16. The fourth-order valence-electron chi connectivity index (χ4n) is 2.31. The number of carboxylic acid groups (broad SMARTS) is 1. The number of aliphatic hydroxyl groups is 1. The van der Waals surface area contributed by atoms with Crippen molar-refractivity contribution in [3.8, 4) is 0 Å². The number of carbonyl (C=O) groups excluding carboxylic acids is 1. The number of hydrogen-bond donors (Lipinski definition) is 3. The number of hydrazone groups is 1. The van der Waals surface area contributed by atoms with Gasteiger partial charge in [-0.2, -0.15) is 5.10 Å². The molecule has 22 heavy (non-hydrogen) atoms.